The third-order valence-corrected chi connectivity index (χ3v) is 5.26. The monoisotopic (exact) mass is 381 g/mol. The minimum atomic E-state index is -0.0862. The fourth-order valence-corrected chi connectivity index (χ4v) is 3.31. The average molecular weight is 381 g/mol. The van der Waals surface area contributed by atoms with E-state index in [0.717, 1.165) is 23.6 Å². The Morgan fingerprint density at radius 3 is 2.64 bits per heavy atom. The van der Waals surface area contributed by atoms with E-state index in [1.165, 1.54) is 4.68 Å². The van der Waals surface area contributed by atoms with Gasteiger partial charge in [0, 0.05) is 43.9 Å². The molecule has 0 aliphatic heterocycles. The molecule has 28 heavy (non-hydrogen) atoms. The van der Waals surface area contributed by atoms with E-state index in [4.69, 9.17) is 9.47 Å². The molecule has 3 heterocycles. The van der Waals surface area contributed by atoms with Crippen molar-refractivity contribution in [2.75, 3.05) is 13.7 Å². The molecular formula is C20H23N5O3. The summed E-state index contributed by atoms with van der Waals surface area (Å²) in [4.78, 5) is 25.2. The number of rotatable bonds is 6. The molecule has 1 aliphatic carbocycles. The molecule has 4 rings (SSSR count). The van der Waals surface area contributed by atoms with Crippen LogP contribution in [0.25, 0.3) is 11.3 Å². The topological polar surface area (TPSA) is 84.1 Å². The molecule has 0 aromatic carbocycles. The van der Waals surface area contributed by atoms with Gasteiger partial charge in [-0.1, -0.05) is 0 Å². The molecule has 2 atom stereocenters. The Morgan fingerprint density at radius 2 is 2.00 bits per heavy atom. The van der Waals surface area contributed by atoms with Gasteiger partial charge in [-0.25, -0.2) is 4.98 Å². The highest BCUT2D eigenvalue weighted by atomic mass is 16.5. The molecule has 8 heteroatoms. The zero-order valence-corrected chi connectivity index (χ0v) is 16.4. The van der Waals surface area contributed by atoms with Crippen molar-refractivity contribution in [3.8, 4) is 22.9 Å². The first kappa shape index (κ1) is 18.2. The molecular weight excluding hydrogens is 358 g/mol. The van der Waals surface area contributed by atoms with Crippen LogP contribution in [-0.2, 0) is 14.1 Å². The Bertz CT molecular complexity index is 1050. The second-order valence-electron chi connectivity index (χ2n) is 7.09. The third-order valence-electron chi connectivity index (χ3n) is 5.26. The molecule has 8 nitrogen and oxygen atoms in total. The van der Waals surface area contributed by atoms with E-state index < -0.39 is 0 Å². The summed E-state index contributed by atoms with van der Waals surface area (Å²) >= 11 is 0. The Hall–Kier alpha value is -3.16. The Morgan fingerprint density at radius 1 is 1.18 bits per heavy atom. The SMILES string of the molecule is COc1ccc([C@@H]2CC2COc2nc(C)ncc2-c2cc(=O)n(C)n2C)nc1. The lowest BCUT2D eigenvalue weighted by Gasteiger charge is -2.12. The summed E-state index contributed by atoms with van der Waals surface area (Å²) < 4.78 is 14.5. The number of methoxy groups -OCH3 is 1. The Labute approximate surface area is 162 Å². The summed E-state index contributed by atoms with van der Waals surface area (Å²) in [6.45, 7) is 2.37. The number of hydrogen-bond acceptors (Lipinski definition) is 6. The van der Waals surface area contributed by atoms with Gasteiger partial charge in [-0.05, 0) is 25.5 Å². The minimum Gasteiger partial charge on any atom is -0.495 e. The van der Waals surface area contributed by atoms with Crippen molar-refractivity contribution in [1.82, 2.24) is 24.3 Å². The molecule has 1 saturated carbocycles. The smallest absolute Gasteiger partial charge is 0.266 e. The maximum Gasteiger partial charge on any atom is 0.266 e. The van der Waals surface area contributed by atoms with Crippen molar-refractivity contribution in [2.24, 2.45) is 20.0 Å². The number of ether oxygens (including phenoxy) is 2. The number of aromatic nitrogens is 5. The number of hydrogen-bond donors (Lipinski definition) is 0. The zero-order valence-electron chi connectivity index (χ0n) is 16.4. The summed E-state index contributed by atoms with van der Waals surface area (Å²) in [5.41, 5.74) is 2.41. The van der Waals surface area contributed by atoms with Gasteiger partial charge in [-0.2, -0.15) is 4.98 Å². The van der Waals surface area contributed by atoms with Gasteiger partial charge in [0.05, 0.1) is 31.2 Å². The van der Waals surface area contributed by atoms with E-state index in [1.54, 1.807) is 37.3 Å². The lowest BCUT2D eigenvalue weighted by molar-refractivity contribution is 0.285. The number of aryl methyl sites for hydroxylation is 1. The van der Waals surface area contributed by atoms with Gasteiger partial charge >= 0.3 is 0 Å². The molecule has 3 aromatic rings. The minimum absolute atomic E-state index is 0.0862. The highest BCUT2D eigenvalue weighted by Crippen LogP contribution is 2.47. The summed E-state index contributed by atoms with van der Waals surface area (Å²) in [6, 6.07) is 5.51. The number of pyridine rings is 1. The van der Waals surface area contributed by atoms with E-state index in [2.05, 4.69) is 15.0 Å². The lowest BCUT2D eigenvalue weighted by Crippen LogP contribution is -2.16. The van der Waals surface area contributed by atoms with E-state index >= 15 is 0 Å². The van der Waals surface area contributed by atoms with Crippen LogP contribution in [0.15, 0.2) is 35.4 Å². The Kier molecular flexibility index (Phi) is 4.62. The molecule has 0 spiro atoms. The van der Waals surface area contributed by atoms with Gasteiger partial charge in [-0.3, -0.25) is 19.1 Å². The van der Waals surface area contributed by atoms with Gasteiger partial charge in [-0.15, -0.1) is 0 Å². The lowest BCUT2D eigenvalue weighted by atomic mass is 10.2. The van der Waals surface area contributed by atoms with Gasteiger partial charge in [0.1, 0.15) is 11.6 Å². The van der Waals surface area contributed by atoms with Crippen molar-refractivity contribution in [2.45, 2.75) is 19.3 Å². The fraction of sp³-hybridized carbons (Fsp3) is 0.400. The first-order valence-corrected chi connectivity index (χ1v) is 9.17. The second-order valence-corrected chi connectivity index (χ2v) is 7.09. The maximum absolute atomic E-state index is 12.0. The predicted molar refractivity (Wildman–Crippen MR) is 104 cm³/mol. The summed E-state index contributed by atoms with van der Waals surface area (Å²) in [7, 11) is 5.18. The average Bonchev–Trinajstić information content (AvgIpc) is 3.44. The van der Waals surface area contributed by atoms with Crippen LogP contribution in [0.1, 0.15) is 23.9 Å². The predicted octanol–water partition coefficient (Wildman–Crippen LogP) is 2.08. The van der Waals surface area contributed by atoms with E-state index in [9.17, 15) is 4.79 Å². The molecule has 0 bridgehead atoms. The summed E-state index contributed by atoms with van der Waals surface area (Å²) in [5.74, 6) is 2.67. The highest BCUT2D eigenvalue weighted by molar-refractivity contribution is 5.64. The standard InChI is InChI=1S/C20H23N5O3/c1-12-21-10-16(18-8-19(26)25(3)24(18)2)20(23-12)28-11-13-7-15(13)17-6-5-14(27-4)9-22-17/h5-6,8-10,13,15H,7,11H2,1-4H3/t13?,15-/m1/s1. The fourth-order valence-electron chi connectivity index (χ4n) is 3.31. The van der Waals surface area contributed by atoms with Gasteiger partial charge in [0.15, 0.2) is 0 Å². The largest absolute Gasteiger partial charge is 0.495 e. The van der Waals surface area contributed by atoms with Crippen LogP contribution in [0, 0.1) is 12.8 Å². The molecule has 1 fully saturated rings. The van der Waals surface area contributed by atoms with Crippen LogP contribution < -0.4 is 15.0 Å². The maximum atomic E-state index is 12.0. The van der Waals surface area contributed by atoms with Crippen LogP contribution >= 0.6 is 0 Å². The van der Waals surface area contributed by atoms with Crippen molar-refractivity contribution in [1.29, 1.82) is 0 Å². The molecule has 0 N–H and O–H groups in total. The highest BCUT2D eigenvalue weighted by Gasteiger charge is 2.40. The first-order valence-electron chi connectivity index (χ1n) is 9.17. The van der Waals surface area contributed by atoms with Crippen LogP contribution in [0.3, 0.4) is 0 Å². The van der Waals surface area contributed by atoms with Crippen LogP contribution in [-0.4, -0.2) is 38.0 Å². The zero-order chi connectivity index (χ0) is 19.8. The molecule has 0 radical (unpaired) electrons. The van der Waals surface area contributed by atoms with Crippen LogP contribution in [0.5, 0.6) is 11.6 Å². The molecule has 3 aromatic heterocycles. The van der Waals surface area contributed by atoms with Gasteiger partial charge in [0.25, 0.3) is 5.56 Å². The second kappa shape index (κ2) is 7.10. The van der Waals surface area contributed by atoms with Crippen molar-refractivity contribution >= 4 is 0 Å². The third kappa shape index (κ3) is 3.37. The van der Waals surface area contributed by atoms with Crippen LogP contribution in [0.2, 0.25) is 0 Å². The van der Waals surface area contributed by atoms with E-state index in [0.29, 0.717) is 35.7 Å². The normalized spacial score (nSPS) is 18.1. The van der Waals surface area contributed by atoms with Crippen molar-refractivity contribution < 1.29 is 9.47 Å². The number of nitrogens with zero attached hydrogens (tertiary/aromatic N) is 5. The molecule has 146 valence electrons. The van der Waals surface area contributed by atoms with E-state index in [-0.39, 0.29) is 5.56 Å². The van der Waals surface area contributed by atoms with Gasteiger partial charge in [0.2, 0.25) is 5.88 Å². The Balaban J connectivity index is 1.50. The quantitative estimate of drug-likeness (QED) is 0.650. The van der Waals surface area contributed by atoms with Crippen molar-refractivity contribution in [3.05, 3.63) is 52.5 Å². The summed E-state index contributed by atoms with van der Waals surface area (Å²) in [5, 5.41) is 0. The molecule has 0 amide bonds. The van der Waals surface area contributed by atoms with E-state index in [1.807, 2.05) is 26.1 Å². The molecule has 0 saturated heterocycles. The first-order chi connectivity index (χ1) is 13.5. The summed E-state index contributed by atoms with van der Waals surface area (Å²) in [6.07, 6.45) is 4.48. The van der Waals surface area contributed by atoms with Crippen LogP contribution in [0.4, 0.5) is 0 Å². The molecule has 1 unspecified atom stereocenters. The van der Waals surface area contributed by atoms with Gasteiger partial charge < -0.3 is 9.47 Å². The van der Waals surface area contributed by atoms with Crippen molar-refractivity contribution in [3.63, 3.8) is 0 Å². The molecule has 1 aliphatic rings.